The Labute approximate surface area is 121 Å². The third-order valence-electron chi connectivity index (χ3n) is 3.21. The van der Waals surface area contributed by atoms with Crippen molar-refractivity contribution >= 4 is 27.0 Å². The summed E-state index contributed by atoms with van der Waals surface area (Å²) in [5.41, 5.74) is 3.40. The molecular formula is C16H14BrN2. The summed E-state index contributed by atoms with van der Waals surface area (Å²) in [5.74, 6) is 1.12. The number of fused-ring (bicyclic) bond motifs is 1. The monoisotopic (exact) mass is 313 g/mol. The van der Waals surface area contributed by atoms with Crippen LogP contribution in [0, 0.1) is 6.07 Å². The molecule has 2 aromatic carbocycles. The van der Waals surface area contributed by atoms with Crippen LogP contribution in [0.25, 0.3) is 11.0 Å². The van der Waals surface area contributed by atoms with E-state index in [0.29, 0.717) is 0 Å². The third-order valence-corrected chi connectivity index (χ3v) is 3.70. The maximum atomic E-state index is 4.71. The van der Waals surface area contributed by atoms with Gasteiger partial charge in [0.25, 0.3) is 0 Å². The molecule has 2 nitrogen and oxygen atoms in total. The molecule has 1 radical (unpaired) electrons. The zero-order valence-corrected chi connectivity index (χ0v) is 12.3. The molecule has 0 aliphatic carbocycles. The number of rotatable bonds is 3. The second-order valence-corrected chi connectivity index (χ2v) is 5.40. The minimum Gasteiger partial charge on any atom is -0.323 e. The van der Waals surface area contributed by atoms with Gasteiger partial charge in [-0.1, -0.05) is 47.1 Å². The number of aryl methyl sites for hydroxylation is 1. The molecule has 1 aromatic heterocycles. The van der Waals surface area contributed by atoms with Gasteiger partial charge >= 0.3 is 0 Å². The van der Waals surface area contributed by atoms with Gasteiger partial charge in [-0.2, -0.15) is 0 Å². The van der Waals surface area contributed by atoms with Crippen LogP contribution in [0.15, 0.2) is 46.9 Å². The molecular weight excluding hydrogens is 300 g/mol. The number of hydrogen-bond donors (Lipinski definition) is 0. The average molecular weight is 314 g/mol. The van der Waals surface area contributed by atoms with Gasteiger partial charge in [-0.25, -0.2) is 4.98 Å². The normalized spacial score (nSPS) is 11.1. The molecule has 3 rings (SSSR count). The van der Waals surface area contributed by atoms with Crippen molar-refractivity contribution in [3.63, 3.8) is 0 Å². The Morgan fingerprint density at radius 2 is 2.16 bits per heavy atom. The van der Waals surface area contributed by atoms with Crippen molar-refractivity contribution in [2.45, 2.75) is 19.9 Å². The predicted molar refractivity (Wildman–Crippen MR) is 81.2 cm³/mol. The summed E-state index contributed by atoms with van der Waals surface area (Å²) in [4.78, 5) is 4.71. The Bertz CT molecular complexity index is 701. The van der Waals surface area contributed by atoms with Crippen LogP contribution < -0.4 is 0 Å². The third kappa shape index (κ3) is 2.43. The molecule has 0 fully saturated rings. The molecule has 0 aliphatic rings. The van der Waals surface area contributed by atoms with Gasteiger partial charge in [0.2, 0.25) is 0 Å². The first-order chi connectivity index (χ1) is 9.28. The first-order valence-electron chi connectivity index (χ1n) is 6.38. The SMILES string of the molecule is CCc1nc2cc(Br)ccc2n1Cc1[c]cccc1. The Hall–Kier alpha value is -1.61. The quantitative estimate of drug-likeness (QED) is 0.708. The average Bonchev–Trinajstić information content (AvgIpc) is 2.77. The fourth-order valence-electron chi connectivity index (χ4n) is 2.30. The van der Waals surface area contributed by atoms with E-state index in [-0.39, 0.29) is 0 Å². The lowest BCUT2D eigenvalue weighted by atomic mass is 10.2. The molecule has 0 unspecified atom stereocenters. The van der Waals surface area contributed by atoms with Crippen molar-refractivity contribution in [2.24, 2.45) is 0 Å². The predicted octanol–water partition coefficient (Wildman–Crippen LogP) is 4.21. The van der Waals surface area contributed by atoms with Gasteiger partial charge in [0.15, 0.2) is 0 Å². The number of imidazole rings is 1. The highest BCUT2D eigenvalue weighted by atomic mass is 79.9. The van der Waals surface area contributed by atoms with Gasteiger partial charge in [-0.15, -0.1) is 0 Å². The summed E-state index contributed by atoms with van der Waals surface area (Å²) in [6.07, 6.45) is 0.930. The zero-order valence-electron chi connectivity index (χ0n) is 10.7. The Balaban J connectivity index is 2.11. The maximum Gasteiger partial charge on any atom is 0.109 e. The van der Waals surface area contributed by atoms with E-state index in [9.17, 15) is 0 Å². The van der Waals surface area contributed by atoms with Crippen molar-refractivity contribution in [3.8, 4) is 0 Å². The fraction of sp³-hybridized carbons (Fsp3) is 0.188. The van der Waals surface area contributed by atoms with Gasteiger partial charge in [0.05, 0.1) is 11.0 Å². The molecule has 0 bridgehead atoms. The van der Waals surface area contributed by atoms with Gasteiger partial charge in [0, 0.05) is 17.4 Å². The number of benzene rings is 2. The number of halogens is 1. The van der Waals surface area contributed by atoms with Crippen molar-refractivity contribution in [3.05, 3.63) is 64.4 Å². The van der Waals surface area contributed by atoms with Crippen molar-refractivity contribution in [1.29, 1.82) is 0 Å². The van der Waals surface area contributed by atoms with Gasteiger partial charge in [0.1, 0.15) is 5.82 Å². The van der Waals surface area contributed by atoms with E-state index in [0.717, 1.165) is 28.8 Å². The Morgan fingerprint density at radius 3 is 2.89 bits per heavy atom. The van der Waals surface area contributed by atoms with Crippen LogP contribution in [-0.2, 0) is 13.0 Å². The van der Waals surface area contributed by atoms with Crippen LogP contribution in [0.1, 0.15) is 18.3 Å². The molecule has 3 aromatic rings. The topological polar surface area (TPSA) is 17.8 Å². The van der Waals surface area contributed by atoms with Crippen LogP contribution in [0.5, 0.6) is 0 Å². The van der Waals surface area contributed by atoms with E-state index < -0.39 is 0 Å². The lowest BCUT2D eigenvalue weighted by molar-refractivity contribution is 0.752. The molecule has 19 heavy (non-hydrogen) atoms. The smallest absolute Gasteiger partial charge is 0.109 e. The molecule has 0 saturated carbocycles. The Morgan fingerprint density at radius 1 is 1.26 bits per heavy atom. The minimum absolute atomic E-state index is 0.822. The van der Waals surface area contributed by atoms with Gasteiger partial charge in [-0.3, -0.25) is 0 Å². The lowest BCUT2D eigenvalue weighted by Gasteiger charge is -2.08. The highest BCUT2D eigenvalue weighted by Crippen LogP contribution is 2.22. The number of aromatic nitrogens is 2. The van der Waals surface area contributed by atoms with Crippen LogP contribution in [0.3, 0.4) is 0 Å². The van der Waals surface area contributed by atoms with E-state index in [4.69, 9.17) is 4.98 Å². The number of nitrogens with zero attached hydrogens (tertiary/aromatic N) is 2. The molecule has 0 saturated heterocycles. The fourth-order valence-corrected chi connectivity index (χ4v) is 2.65. The largest absolute Gasteiger partial charge is 0.323 e. The van der Waals surface area contributed by atoms with Crippen molar-refractivity contribution in [2.75, 3.05) is 0 Å². The lowest BCUT2D eigenvalue weighted by Crippen LogP contribution is -2.04. The highest BCUT2D eigenvalue weighted by Gasteiger charge is 2.09. The summed E-state index contributed by atoms with van der Waals surface area (Å²) in [6, 6.07) is 17.6. The van der Waals surface area contributed by atoms with Crippen LogP contribution in [0.4, 0.5) is 0 Å². The van der Waals surface area contributed by atoms with E-state index in [2.05, 4.69) is 57.8 Å². The summed E-state index contributed by atoms with van der Waals surface area (Å²) in [7, 11) is 0. The van der Waals surface area contributed by atoms with Crippen LogP contribution in [0.2, 0.25) is 0 Å². The molecule has 0 aliphatic heterocycles. The van der Waals surface area contributed by atoms with Crippen LogP contribution in [-0.4, -0.2) is 9.55 Å². The molecule has 3 heteroatoms. The van der Waals surface area contributed by atoms with E-state index >= 15 is 0 Å². The van der Waals surface area contributed by atoms with E-state index in [1.54, 1.807) is 0 Å². The first kappa shape index (κ1) is 12.4. The van der Waals surface area contributed by atoms with Crippen molar-refractivity contribution < 1.29 is 0 Å². The second-order valence-electron chi connectivity index (χ2n) is 4.49. The molecule has 95 valence electrons. The molecule has 1 heterocycles. The zero-order chi connectivity index (χ0) is 13.2. The molecule has 0 amide bonds. The molecule has 0 atom stereocenters. The van der Waals surface area contributed by atoms with E-state index in [1.807, 2.05) is 18.2 Å². The summed E-state index contributed by atoms with van der Waals surface area (Å²) < 4.78 is 3.34. The standard InChI is InChI=1S/C16H14BrN2/c1-2-16-18-14-10-13(17)8-9-15(14)19(16)11-12-6-4-3-5-7-12/h3-6,8-10H,2,11H2,1H3. The molecule has 0 N–H and O–H groups in total. The summed E-state index contributed by atoms with van der Waals surface area (Å²) in [6.45, 7) is 2.96. The number of hydrogen-bond acceptors (Lipinski definition) is 1. The van der Waals surface area contributed by atoms with Gasteiger partial charge < -0.3 is 4.57 Å². The second kappa shape index (κ2) is 5.17. The van der Waals surface area contributed by atoms with Gasteiger partial charge in [-0.05, 0) is 29.8 Å². The summed E-state index contributed by atoms with van der Waals surface area (Å²) >= 11 is 3.50. The van der Waals surface area contributed by atoms with Crippen LogP contribution >= 0.6 is 15.9 Å². The molecule has 0 spiro atoms. The minimum atomic E-state index is 0.822. The Kier molecular flexibility index (Phi) is 3.38. The maximum absolute atomic E-state index is 4.71. The van der Waals surface area contributed by atoms with E-state index in [1.165, 1.54) is 11.1 Å². The van der Waals surface area contributed by atoms with Crippen molar-refractivity contribution in [1.82, 2.24) is 9.55 Å². The highest BCUT2D eigenvalue weighted by molar-refractivity contribution is 9.10. The summed E-state index contributed by atoms with van der Waals surface area (Å²) in [5, 5.41) is 0. The first-order valence-corrected chi connectivity index (χ1v) is 7.17.